The molecule has 1 fully saturated rings. The Morgan fingerprint density at radius 2 is 2.20 bits per heavy atom. The van der Waals surface area contributed by atoms with Gasteiger partial charge in [-0.15, -0.1) is 0 Å². The first-order valence-electron chi connectivity index (χ1n) is 5.81. The van der Waals surface area contributed by atoms with Gasteiger partial charge in [-0.25, -0.2) is 0 Å². The molecular weight excluding hydrogens is 192 g/mol. The molecule has 0 amide bonds. The summed E-state index contributed by atoms with van der Waals surface area (Å²) in [7, 11) is 0. The van der Waals surface area contributed by atoms with Gasteiger partial charge < -0.3 is 9.47 Å². The maximum absolute atomic E-state index is 11.8. The second-order valence-electron chi connectivity index (χ2n) is 4.85. The van der Waals surface area contributed by atoms with E-state index in [0.717, 1.165) is 43.4 Å². The van der Waals surface area contributed by atoms with Crippen molar-refractivity contribution < 1.29 is 14.3 Å². The Bertz CT molecular complexity index is 345. The number of carbonyl (C=O) groups excluding carboxylic acids is 1. The van der Waals surface area contributed by atoms with E-state index in [-0.39, 0.29) is 11.9 Å². The maximum Gasteiger partial charge on any atom is 0.207 e. The van der Waals surface area contributed by atoms with Gasteiger partial charge in [0.15, 0.2) is 5.78 Å². The third-order valence-corrected chi connectivity index (χ3v) is 3.56. The van der Waals surface area contributed by atoms with E-state index >= 15 is 0 Å². The molecule has 2 heterocycles. The number of allylic oxidation sites excluding steroid dienone is 1. The van der Waals surface area contributed by atoms with Gasteiger partial charge in [0.25, 0.3) is 0 Å². The minimum absolute atomic E-state index is 0.0142. The Labute approximate surface area is 89.4 Å². The van der Waals surface area contributed by atoms with Crippen molar-refractivity contribution in [3.63, 3.8) is 0 Å². The van der Waals surface area contributed by atoms with Crippen molar-refractivity contribution in [1.82, 2.24) is 0 Å². The Morgan fingerprint density at radius 3 is 3.07 bits per heavy atom. The van der Waals surface area contributed by atoms with Crippen LogP contribution in [0.2, 0.25) is 0 Å². The van der Waals surface area contributed by atoms with Crippen LogP contribution in [0.25, 0.3) is 0 Å². The van der Waals surface area contributed by atoms with Crippen molar-refractivity contribution in [1.29, 1.82) is 0 Å². The summed E-state index contributed by atoms with van der Waals surface area (Å²) in [6.07, 6.45) is 5.53. The van der Waals surface area contributed by atoms with Gasteiger partial charge >= 0.3 is 0 Å². The summed E-state index contributed by atoms with van der Waals surface area (Å²) >= 11 is 0. The van der Waals surface area contributed by atoms with Crippen molar-refractivity contribution in [2.75, 3.05) is 0 Å². The van der Waals surface area contributed by atoms with Gasteiger partial charge in [-0.2, -0.15) is 0 Å². The molecule has 2 atom stereocenters. The monoisotopic (exact) mass is 208 g/mol. The van der Waals surface area contributed by atoms with Crippen molar-refractivity contribution in [3.05, 3.63) is 11.3 Å². The first kappa shape index (κ1) is 9.40. The van der Waals surface area contributed by atoms with Crippen LogP contribution in [0, 0.1) is 0 Å². The highest BCUT2D eigenvalue weighted by Crippen LogP contribution is 2.43. The molecule has 2 aliphatic heterocycles. The molecule has 3 nitrogen and oxygen atoms in total. The number of ether oxygens (including phenoxy) is 2. The van der Waals surface area contributed by atoms with Gasteiger partial charge in [-0.05, 0) is 19.3 Å². The average Bonchev–Trinajstić information content (AvgIpc) is 2.16. The summed E-state index contributed by atoms with van der Waals surface area (Å²) in [6.45, 7) is 1.99. The Balaban J connectivity index is 2.02. The molecule has 0 saturated carbocycles. The minimum atomic E-state index is -0.459. The molecule has 0 aromatic carbocycles. The summed E-state index contributed by atoms with van der Waals surface area (Å²) in [5.41, 5.74) is 0.846. The molecule has 3 rings (SSSR count). The first-order valence-corrected chi connectivity index (χ1v) is 5.81. The number of ketones is 1. The quantitative estimate of drug-likeness (QED) is 0.612. The van der Waals surface area contributed by atoms with E-state index in [1.807, 2.05) is 6.92 Å². The molecule has 2 bridgehead atoms. The number of carbonyl (C=O) groups is 1. The van der Waals surface area contributed by atoms with E-state index in [0.29, 0.717) is 6.42 Å². The van der Waals surface area contributed by atoms with Crippen LogP contribution in [-0.4, -0.2) is 17.7 Å². The molecule has 3 aliphatic rings. The normalized spacial score (nSPS) is 39.8. The lowest BCUT2D eigenvalue weighted by atomic mass is 9.86. The highest BCUT2D eigenvalue weighted by molar-refractivity contribution is 5.97. The van der Waals surface area contributed by atoms with Crippen LogP contribution in [-0.2, 0) is 14.3 Å². The second kappa shape index (κ2) is 3.08. The fourth-order valence-electron chi connectivity index (χ4n) is 2.87. The molecule has 0 N–H and O–H groups in total. The molecule has 2 unspecified atom stereocenters. The molecule has 0 aromatic rings. The molecule has 82 valence electrons. The average molecular weight is 208 g/mol. The second-order valence-corrected chi connectivity index (χ2v) is 4.85. The molecular formula is C12H16O3. The topological polar surface area (TPSA) is 35.5 Å². The lowest BCUT2D eigenvalue weighted by Crippen LogP contribution is -2.47. The van der Waals surface area contributed by atoms with Gasteiger partial charge in [-0.1, -0.05) is 0 Å². The van der Waals surface area contributed by atoms with E-state index in [9.17, 15) is 4.79 Å². The Kier molecular flexibility index (Phi) is 1.93. The summed E-state index contributed by atoms with van der Waals surface area (Å²) in [4.78, 5) is 11.8. The molecule has 3 heteroatoms. The molecule has 1 aliphatic carbocycles. The van der Waals surface area contributed by atoms with Crippen LogP contribution in [0.1, 0.15) is 45.4 Å². The van der Waals surface area contributed by atoms with Gasteiger partial charge in [0.05, 0.1) is 11.7 Å². The van der Waals surface area contributed by atoms with Crippen LogP contribution < -0.4 is 0 Å². The van der Waals surface area contributed by atoms with Gasteiger partial charge in [0.2, 0.25) is 5.79 Å². The van der Waals surface area contributed by atoms with Crippen LogP contribution in [0.15, 0.2) is 11.3 Å². The van der Waals surface area contributed by atoms with Crippen molar-refractivity contribution in [2.45, 2.75) is 57.3 Å². The standard InChI is InChI=1S/C12H16O3/c1-12-7-3-6-10(15-12)11-8(13)4-2-5-9(11)14-12/h10H,2-7H2,1H3. The zero-order valence-electron chi connectivity index (χ0n) is 9.04. The fraction of sp³-hybridized carbons (Fsp3) is 0.750. The third-order valence-electron chi connectivity index (χ3n) is 3.56. The van der Waals surface area contributed by atoms with Crippen LogP contribution in [0.4, 0.5) is 0 Å². The number of rotatable bonds is 0. The molecule has 0 spiro atoms. The lowest BCUT2D eigenvalue weighted by molar-refractivity contribution is -0.261. The summed E-state index contributed by atoms with van der Waals surface area (Å²) in [6, 6.07) is 0. The van der Waals surface area contributed by atoms with Crippen LogP contribution >= 0.6 is 0 Å². The van der Waals surface area contributed by atoms with Gasteiger partial charge in [0.1, 0.15) is 5.76 Å². The van der Waals surface area contributed by atoms with Crippen molar-refractivity contribution >= 4 is 5.78 Å². The summed E-state index contributed by atoms with van der Waals surface area (Å²) < 4.78 is 11.7. The minimum Gasteiger partial charge on any atom is -0.466 e. The summed E-state index contributed by atoms with van der Waals surface area (Å²) in [5.74, 6) is 0.703. The number of fused-ring (bicyclic) bond motifs is 3. The van der Waals surface area contributed by atoms with Gasteiger partial charge in [0, 0.05) is 26.2 Å². The zero-order chi connectivity index (χ0) is 10.5. The van der Waals surface area contributed by atoms with E-state index in [4.69, 9.17) is 9.47 Å². The van der Waals surface area contributed by atoms with E-state index in [1.165, 1.54) is 0 Å². The fourth-order valence-corrected chi connectivity index (χ4v) is 2.87. The first-order chi connectivity index (χ1) is 7.18. The predicted molar refractivity (Wildman–Crippen MR) is 54.1 cm³/mol. The largest absolute Gasteiger partial charge is 0.466 e. The van der Waals surface area contributed by atoms with E-state index in [1.54, 1.807) is 0 Å². The van der Waals surface area contributed by atoms with Crippen LogP contribution in [0.5, 0.6) is 0 Å². The molecule has 15 heavy (non-hydrogen) atoms. The third kappa shape index (κ3) is 1.41. The van der Waals surface area contributed by atoms with Crippen molar-refractivity contribution in [3.8, 4) is 0 Å². The van der Waals surface area contributed by atoms with Gasteiger partial charge in [-0.3, -0.25) is 4.79 Å². The molecule has 0 radical (unpaired) electrons. The smallest absolute Gasteiger partial charge is 0.207 e. The SMILES string of the molecule is CC12CCCC(O1)C1=C(CCCC1=O)O2. The predicted octanol–water partition coefficient (Wildman–Crippen LogP) is 2.31. The summed E-state index contributed by atoms with van der Waals surface area (Å²) in [5, 5.41) is 0. The molecule has 0 aromatic heterocycles. The number of hydrogen-bond acceptors (Lipinski definition) is 3. The van der Waals surface area contributed by atoms with E-state index in [2.05, 4.69) is 0 Å². The highest BCUT2D eigenvalue weighted by atomic mass is 16.7. The number of hydrogen-bond donors (Lipinski definition) is 0. The lowest BCUT2D eigenvalue weighted by Gasteiger charge is -2.45. The van der Waals surface area contributed by atoms with E-state index < -0.39 is 5.79 Å². The Morgan fingerprint density at radius 1 is 1.33 bits per heavy atom. The number of Topliss-reactive ketones (excluding diaryl/α,β-unsaturated/α-hetero) is 1. The zero-order valence-corrected chi connectivity index (χ0v) is 9.04. The molecule has 1 saturated heterocycles. The Hall–Kier alpha value is -0.830. The maximum atomic E-state index is 11.8. The highest BCUT2D eigenvalue weighted by Gasteiger charge is 2.45. The van der Waals surface area contributed by atoms with Crippen LogP contribution in [0.3, 0.4) is 0 Å². The van der Waals surface area contributed by atoms with Crippen molar-refractivity contribution in [2.24, 2.45) is 0 Å².